The standard InChI is InChI=1S/C30H34N2O3/c1-4-32-25-17(2)6-5-7-20(25)21-15-30(33)23-14-19-10-11-22(34-3)27-24(19)29(30,28(35-27)26(21)32)12-13-31(23)16-18-8-9-18/h5-7,10-11,18,23,28,33H,4,8-9,12-16H2,1-3H3/t23-,28-,29-,30+/m0/s1. The number of fused-ring (bicyclic) bond motifs is 4. The lowest BCUT2D eigenvalue weighted by molar-refractivity contribution is -0.173. The first-order valence-corrected chi connectivity index (χ1v) is 13.5. The number of nitrogens with zero attached hydrogens (tertiary/aromatic N) is 2. The van der Waals surface area contributed by atoms with Crippen LogP contribution in [0.3, 0.4) is 0 Å². The van der Waals surface area contributed by atoms with E-state index in [2.05, 4.69) is 53.6 Å². The Bertz CT molecular complexity index is 1400. The maximum absolute atomic E-state index is 13.1. The van der Waals surface area contributed by atoms with E-state index in [1.165, 1.54) is 51.7 Å². The highest BCUT2D eigenvalue weighted by Crippen LogP contribution is 2.69. The van der Waals surface area contributed by atoms with Crippen LogP contribution in [0.15, 0.2) is 30.3 Å². The zero-order valence-electron chi connectivity index (χ0n) is 20.9. The van der Waals surface area contributed by atoms with Gasteiger partial charge >= 0.3 is 0 Å². The van der Waals surface area contributed by atoms with Gasteiger partial charge in [0.2, 0.25) is 0 Å². The fraction of sp³-hybridized carbons (Fsp3) is 0.533. The predicted molar refractivity (Wildman–Crippen MR) is 135 cm³/mol. The molecular weight excluding hydrogens is 436 g/mol. The van der Waals surface area contributed by atoms with Gasteiger partial charge in [-0.15, -0.1) is 0 Å². The van der Waals surface area contributed by atoms with E-state index in [1.54, 1.807) is 7.11 Å². The molecule has 1 aromatic heterocycles. The molecule has 0 amide bonds. The fourth-order valence-corrected chi connectivity index (χ4v) is 8.57. The summed E-state index contributed by atoms with van der Waals surface area (Å²) in [5.74, 6) is 2.48. The lowest BCUT2D eigenvalue weighted by Gasteiger charge is -2.63. The Labute approximate surface area is 206 Å². The lowest BCUT2D eigenvalue weighted by Crippen LogP contribution is -2.74. The maximum atomic E-state index is 13.1. The highest BCUT2D eigenvalue weighted by Gasteiger charge is 2.73. The molecule has 2 fully saturated rings. The minimum Gasteiger partial charge on any atom is -0.493 e. The molecule has 3 heterocycles. The molecule has 1 saturated heterocycles. The first kappa shape index (κ1) is 20.7. The van der Waals surface area contributed by atoms with Crippen LogP contribution in [0, 0.1) is 12.8 Å². The van der Waals surface area contributed by atoms with Crippen molar-refractivity contribution in [3.63, 3.8) is 0 Å². The molecule has 5 aliphatic rings. The molecule has 3 aromatic rings. The number of aliphatic hydroxyl groups is 1. The smallest absolute Gasteiger partial charge is 0.166 e. The van der Waals surface area contributed by atoms with Crippen LogP contribution >= 0.6 is 0 Å². The highest BCUT2D eigenvalue weighted by atomic mass is 16.5. The third-order valence-corrected chi connectivity index (χ3v) is 10.2. The lowest BCUT2D eigenvalue weighted by atomic mass is 9.49. The van der Waals surface area contributed by atoms with Gasteiger partial charge in [0, 0.05) is 36.5 Å². The van der Waals surface area contributed by atoms with Crippen molar-refractivity contribution in [2.75, 3.05) is 20.2 Å². The van der Waals surface area contributed by atoms with E-state index < -0.39 is 11.0 Å². The van der Waals surface area contributed by atoms with Crippen molar-refractivity contribution in [1.29, 1.82) is 0 Å². The van der Waals surface area contributed by atoms with Crippen LogP contribution in [0.4, 0.5) is 0 Å². The predicted octanol–water partition coefficient (Wildman–Crippen LogP) is 4.68. The third kappa shape index (κ3) is 2.29. The zero-order valence-corrected chi connectivity index (χ0v) is 20.9. The van der Waals surface area contributed by atoms with Crippen LogP contribution in [-0.2, 0) is 24.8 Å². The van der Waals surface area contributed by atoms with Crippen molar-refractivity contribution < 1.29 is 14.6 Å². The van der Waals surface area contributed by atoms with Crippen molar-refractivity contribution in [1.82, 2.24) is 9.47 Å². The van der Waals surface area contributed by atoms with Crippen LogP contribution in [0.2, 0.25) is 0 Å². The number of piperidine rings is 1. The van der Waals surface area contributed by atoms with Crippen LogP contribution in [0.25, 0.3) is 10.9 Å². The topological polar surface area (TPSA) is 46.9 Å². The summed E-state index contributed by atoms with van der Waals surface area (Å²) < 4.78 is 15.3. The van der Waals surface area contributed by atoms with Crippen LogP contribution in [0.1, 0.15) is 60.2 Å². The molecule has 3 aliphatic carbocycles. The second kappa shape index (κ2) is 6.63. The molecule has 2 bridgehead atoms. The molecule has 5 nitrogen and oxygen atoms in total. The van der Waals surface area contributed by atoms with Crippen molar-refractivity contribution in [3.8, 4) is 11.5 Å². The van der Waals surface area contributed by atoms with Crippen molar-refractivity contribution in [2.45, 2.75) is 75.7 Å². The molecule has 182 valence electrons. The SMILES string of the molecule is CCn1c2c(c3cccc(C)c31)C[C@@]1(O)[C@@H]3Cc4ccc(OC)c5c4[C@@]1(CCN3CC1CC1)[C@H]2O5. The van der Waals surface area contributed by atoms with E-state index in [-0.39, 0.29) is 12.1 Å². The van der Waals surface area contributed by atoms with E-state index in [9.17, 15) is 5.11 Å². The average molecular weight is 471 g/mol. The number of hydrogen-bond acceptors (Lipinski definition) is 4. The largest absolute Gasteiger partial charge is 0.493 e. The fourth-order valence-electron chi connectivity index (χ4n) is 8.57. The zero-order chi connectivity index (χ0) is 23.7. The Kier molecular flexibility index (Phi) is 3.91. The molecule has 0 radical (unpaired) electrons. The highest BCUT2D eigenvalue weighted by molar-refractivity contribution is 5.89. The molecule has 1 spiro atoms. The molecule has 4 atom stereocenters. The Morgan fingerprint density at radius 3 is 2.83 bits per heavy atom. The first-order chi connectivity index (χ1) is 17.0. The first-order valence-electron chi connectivity index (χ1n) is 13.5. The van der Waals surface area contributed by atoms with E-state index in [0.29, 0.717) is 6.42 Å². The Morgan fingerprint density at radius 2 is 2.06 bits per heavy atom. The van der Waals surface area contributed by atoms with E-state index >= 15 is 0 Å². The molecule has 1 saturated carbocycles. The number of aryl methyl sites for hydroxylation is 2. The monoisotopic (exact) mass is 470 g/mol. The summed E-state index contributed by atoms with van der Waals surface area (Å²) in [5, 5.41) is 14.4. The Balaban J connectivity index is 1.45. The number of likely N-dealkylation sites (tertiary alicyclic amines) is 1. The summed E-state index contributed by atoms with van der Waals surface area (Å²) >= 11 is 0. The number of rotatable bonds is 4. The maximum Gasteiger partial charge on any atom is 0.166 e. The van der Waals surface area contributed by atoms with Crippen molar-refractivity contribution in [2.24, 2.45) is 5.92 Å². The molecule has 8 rings (SSSR count). The average Bonchev–Trinajstić information content (AvgIpc) is 3.51. The van der Waals surface area contributed by atoms with Crippen LogP contribution in [0.5, 0.6) is 11.5 Å². The van der Waals surface area contributed by atoms with Crippen LogP contribution in [-0.4, -0.2) is 46.4 Å². The van der Waals surface area contributed by atoms with Gasteiger partial charge < -0.3 is 19.1 Å². The quantitative estimate of drug-likeness (QED) is 0.602. The number of benzene rings is 2. The summed E-state index contributed by atoms with van der Waals surface area (Å²) in [7, 11) is 1.73. The van der Waals surface area contributed by atoms with Gasteiger partial charge in [0.05, 0.1) is 29.3 Å². The van der Waals surface area contributed by atoms with E-state index in [1.807, 2.05) is 0 Å². The molecule has 1 N–H and O–H groups in total. The number of para-hydroxylation sites is 1. The van der Waals surface area contributed by atoms with Gasteiger partial charge in [-0.05, 0) is 74.8 Å². The second-order valence-electron chi connectivity index (χ2n) is 11.7. The summed E-state index contributed by atoms with van der Waals surface area (Å²) in [6.45, 7) is 7.49. The summed E-state index contributed by atoms with van der Waals surface area (Å²) in [6.07, 6.45) is 4.98. The number of hydrogen-bond donors (Lipinski definition) is 1. The molecule has 5 heteroatoms. The van der Waals surface area contributed by atoms with Gasteiger partial charge in [-0.1, -0.05) is 24.3 Å². The Morgan fingerprint density at radius 1 is 1.20 bits per heavy atom. The minimum absolute atomic E-state index is 0.118. The van der Waals surface area contributed by atoms with E-state index in [4.69, 9.17) is 9.47 Å². The van der Waals surface area contributed by atoms with Gasteiger partial charge in [-0.2, -0.15) is 0 Å². The Hall–Kier alpha value is -2.50. The molecule has 2 aromatic carbocycles. The summed E-state index contributed by atoms with van der Waals surface area (Å²) in [4.78, 5) is 2.64. The molecule has 0 unspecified atom stereocenters. The van der Waals surface area contributed by atoms with Gasteiger partial charge in [0.15, 0.2) is 17.6 Å². The third-order valence-electron chi connectivity index (χ3n) is 10.2. The van der Waals surface area contributed by atoms with Crippen molar-refractivity contribution in [3.05, 3.63) is 58.3 Å². The summed E-state index contributed by atoms with van der Waals surface area (Å²) in [5.41, 5.74) is 6.45. The number of aromatic nitrogens is 1. The van der Waals surface area contributed by atoms with Crippen LogP contribution < -0.4 is 9.47 Å². The van der Waals surface area contributed by atoms with Crippen molar-refractivity contribution >= 4 is 10.9 Å². The van der Waals surface area contributed by atoms with Gasteiger partial charge in [0.25, 0.3) is 0 Å². The van der Waals surface area contributed by atoms with Gasteiger partial charge in [0.1, 0.15) is 0 Å². The van der Waals surface area contributed by atoms with Gasteiger partial charge in [-0.25, -0.2) is 0 Å². The molecule has 2 aliphatic heterocycles. The minimum atomic E-state index is -0.862. The number of ether oxygens (including phenoxy) is 2. The van der Waals surface area contributed by atoms with Gasteiger partial charge in [-0.3, -0.25) is 4.90 Å². The molecule has 35 heavy (non-hydrogen) atoms. The van der Waals surface area contributed by atoms with E-state index in [0.717, 1.165) is 49.9 Å². The normalized spacial score (nSPS) is 32.3. The summed E-state index contributed by atoms with van der Waals surface area (Å²) in [6, 6.07) is 11.1. The molecular formula is C30H34N2O3. The number of methoxy groups -OCH3 is 1. The second-order valence-corrected chi connectivity index (χ2v) is 11.7.